The first-order valence-corrected chi connectivity index (χ1v) is 4.95. The van der Waals surface area contributed by atoms with Crippen molar-refractivity contribution in [1.82, 2.24) is 0 Å². The topological polar surface area (TPSA) is 17.1 Å². The third-order valence-corrected chi connectivity index (χ3v) is 3.13. The van der Waals surface area contributed by atoms with E-state index >= 15 is 0 Å². The first-order chi connectivity index (χ1) is 5.25. The molecule has 0 radical (unpaired) electrons. The van der Waals surface area contributed by atoms with Crippen LogP contribution in [-0.2, 0) is 4.79 Å². The summed E-state index contributed by atoms with van der Waals surface area (Å²) in [6.07, 6.45) is 3.78. The number of rotatable bonds is 2. The van der Waals surface area contributed by atoms with Crippen LogP contribution in [-0.4, -0.2) is 17.0 Å². The van der Waals surface area contributed by atoms with E-state index in [1.165, 1.54) is 0 Å². The Kier molecular flexibility index (Phi) is 3.67. The first-order valence-electron chi connectivity index (χ1n) is 3.98. The fourth-order valence-corrected chi connectivity index (χ4v) is 1.98. The minimum atomic E-state index is -0.149. The van der Waals surface area contributed by atoms with Crippen LogP contribution in [0.2, 0.25) is 0 Å². The second-order valence-electron chi connectivity index (χ2n) is 2.99. The second kappa shape index (κ2) is 4.32. The Morgan fingerprint density at radius 3 is 2.82 bits per heavy atom. The molecule has 0 saturated heterocycles. The fourth-order valence-electron chi connectivity index (χ4n) is 1.50. The van der Waals surface area contributed by atoms with Crippen LogP contribution in [0.15, 0.2) is 0 Å². The van der Waals surface area contributed by atoms with E-state index in [1.807, 2.05) is 0 Å². The largest absolute Gasteiger partial charge is 0.299 e. The normalized spacial score (nSPS) is 28.5. The maximum Gasteiger partial charge on any atom is 0.137 e. The third-order valence-electron chi connectivity index (χ3n) is 2.19. The van der Waals surface area contributed by atoms with Gasteiger partial charge in [0.05, 0.1) is 5.38 Å². The molecule has 64 valence electrons. The van der Waals surface area contributed by atoms with E-state index < -0.39 is 0 Å². The molecule has 0 spiro atoms. The van der Waals surface area contributed by atoms with Crippen LogP contribution in [0.25, 0.3) is 0 Å². The molecule has 0 heterocycles. The molecular formula is C8H12Cl2O. The van der Waals surface area contributed by atoms with Gasteiger partial charge in [-0.2, -0.15) is 0 Å². The van der Waals surface area contributed by atoms with Gasteiger partial charge in [0.25, 0.3) is 0 Å². The summed E-state index contributed by atoms with van der Waals surface area (Å²) in [7, 11) is 0. The second-order valence-corrected chi connectivity index (χ2v) is 3.86. The lowest BCUT2D eigenvalue weighted by Crippen LogP contribution is -2.28. The van der Waals surface area contributed by atoms with Crippen LogP contribution in [0.4, 0.5) is 0 Å². The van der Waals surface area contributed by atoms with Gasteiger partial charge in [-0.3, -0.25) is 4.79 Å². The van der Waals surface area contributed by atoms with Gasteiger partial charge in [-0.15, -0.1) is 23.2 Å². The van der Waals surface area contributed by atoms with Crippen molar-refractivity contribution in [3.63, 3.8) is 0 Å². The lowest BCUT2D eigenvalue weighted by molar-refractivity contribution is -0.124. The molecule has 1 saturated carbocycles. The maximum atomic E-state index is 11.3. The molecule has 1 rings (SSSR count). The van der Waals surface area contributed by atoms with Crippen LogP contribution in [0.1, 0.15) is 25.7 Å². The Hall–Kier alpha value is 0.250. The van der Waals surface area contributed by atoms with Crippen molar-refractivity contribution in [3.8, 4) is 0 Å². The molecule has 2 atom stereocenters. The summed E-state index contributed by atoms with van der Waals surface area (Å²) in [5, 5.41) is -0.149. The summed E-state index contributed by atoms with van der Waals surface area (Å²) in [5.74, 6) is 0.720. The molecule has 0 aromatic carbocycles. The Labute approximate surface area is 77.1 Å². The van der Waals surface area contributed by atoms with E-state index in [0.29, 0.717) is 18.1 Å². The van der Waals surface area contributed by atoms with E-state index in [2.05, 4.69) is 0 Å². The van der Waals surface area contributed by atoms with E-state index in [0.717, 1.165) is 19.3 Å². The minimum Gasteiger partial charge on any atom is -0.299 e. The number of carbonyl (C=O) groups is 1. The Bertz CT molecular complexity index is 147. The van der Waals surface area contributed by atoms with Crippen molar-refractivity contribution >= 4 is 29.0 Å². The number of Topliss-reactive ketones (excluding diaryl/α,β-unsaturated/α-hetero) is 1. The highest BCUT2D eigenvalue weighted by atomic mass is 35.5. The molecule has 0 N–H and O–H groups in total. The lowest BCUT2D eigenvalue weighted by atomic mass is 9.86. The zero-order valence-electron chi connectivity index (χ0n) is 6.35. The molecule has 0 bridgehead atoms. The van der Waals surface area contributed by atoms with Crippen molar-refractivity contribution < 1.29 is 4.79 Å². The molecule has 0 amide bonds. The molecule has 0 aliphatic heterocycles. The molecule has 0 aromatic heterocycles. The molecule has 2 unspecified atom stereocenters. The molecule has 1 fully saturated rings. The van der Waals surface area contributed by atoms with E-state index in [9.17, 15) is 4.79 Å². The van der Waals surface area contributed by atoms with Crippen LogP contribution >= 0.6 is 23.2 Å². The van der Waals surface area contributed by atoms with E-state index in [4.69, 9.17) is 23.2 Å². The smallest absolute Gasteiger partial charge is 0.137 e. The van der Waals surface area contributed by atoms with Crippen LogP contribution in [0.5, 0.6) is 0 Å². The zero-order valence-corrected chi connectivity index (χ0v) is 7.87. The van der Waals surface area contributed by atoms with Crippen molar-refractivity contribution in [2.75, 3.05) is 5.88 Å². The summed E-state index contributed by atoms with van der Waals surface area (Å²) in [6.45, 7) is 0. The van der Waals surface area contributed by atoms with Crippen molar-refractivity contribution in [1.29, 1.82) is 0 Å². The molecule has 3 heteroatoms. The summed E-state index contributed by atoms with van der Waals surface area (Å²) in [4.78, 5) is 11.3. The summed E-state index contributed by atoms with van der Waals surface area (Å²) >= 11 is 11.5. The molecule has 11 heavy (non-hydrogen) atoms. The number of carbonyl (C=O) groups excluding carboxylic acids is 1. The fraction of sp³-hybridized carbons (Fsp3) is 0.875. The first kappa shape index (κ1) is 9.34. The summed E-state index contributed by atoms with van der Waals surface area (Å²) < 4.78 is 0. The van der Waals surface area contributed by atoms with Gasteiger partial charge < -0.3 is 0 Å². The molecule has 0 aromatic rings. The van der Waals surface area contributed by atoms with Gasteiger partial charge in [0.2, 0.25) is 0 Å². The number of alkyl halides is 2. The van der Waals surface area contributed by atoms with Crippen molar-refractivity contribution in [3.05, 3.63) is 0 Å². The van der Waals surface area contributed by atoms with Gasteiger partial charge in [-0.25, -0.2) is 0 Å². The van der Waals surface area contributed by atoms with Gasteiger partial charge in [0.1, 0.15) is 5.78 Å². The SMILES string of the molecule is O=C1CCCCC1C(Cl)CCl. The summed E-state index contributed by atoms with van der Waals surface area (Å²) in [5.41, 5.74) is 0. The monoisotopic (exact) mass is 194 g/mol. The quantitative estimate of drug-likeness (QED) is 0.619. The van der Waals surface area contributed by atoms with Crippen molar-refractivity contribution in [2.24, 2.45) is 5.92 Å². The van der Waals surface area contributed by atoms with Gasteiger partial charge in [0, 0.05) is 18.2 Å². The van der Waals surface area contributed by atoms with Crippen LogP contribution < -0.4 is 0 Å². The number of hydrogen-bond donors (Lipinski definition) is 0. The number of halogens is 2. The average molecular weight is 195 g/mol. The van der Waals surface area contributed by atoms with Gasteiger partial charge >= 0.3 is 0 Å². The third kappa shape index (κ3) is 2.34. The molecular weight excluding hydrogens is 183 g/mol. The minimum absolute atomic E-state index is 0.0305. The predicted molar refractivity (Wildman–Crippen MR) is 47.3 cm³/mol. The Morgan fingerprint density at radius 2 is 2.27 bits per heavy atom. The van der Waals surface area contributed by atoms with Gasteiger partial charge in [-0.05, 0) is 12.8 Å². The average Bonchev–Trinajstić information content (AvgIpc) is 2.04. The predicted octanol–water partition coefficient (Wildman–Crippen LogP) is 2.59. The molecule has 1 aliphatic carbocycles. The highest BCUT2D eigenvalue weighted by molar-refractivity contribution is 6.29. The van der Waals surface area contributed by atoms with Crippen molar-refractivity contribution in [2.45, 2.75) is 31.1 Å². The van der Waals surface area contributed by atoms with Crippen LogP contribution in [0, 0.1) is 5.92 Å². The lowest BCUT2D eigenvalue weighted by Gasteiger charge is -2.23. The van der Waals surface area contributed by atoms with E-state index in [1.54, 1.807) is 0 Å². The Morgan fingerprint density at radius 1 is 1.55 bits per heavy atom. The summed E-state index contributed by atoms with van der Waals surface area (Å²) in [6, 6.07) is 0. The number of ketones is 1. The zero-order chi connectivity index (χ0) is 8.27. The van der Waals surface area contributed by atoms with Gasteiger partial charge in [0.15, 0.2) is 0 Å². The standard InChI is InChI=1S/C8H12Cl2O/c9-5-7(10)6-3-1-2-4-8(6)11/h6-7H,1-5H2. The highest BCUT2D eigenvalue weighted by Gasteiger charge is 2.27. The Balaban J connectivity index is 2.47. The van der Waals surface area contributed by atoms with E-state index in [-0.39, 0.29) is 11.3 Å². The van der Waals surface area contributed by atoms with Crippen LogP contribution in [0.3, 0.4) is 0 Å². The molecule has 1 nitrogen and oxygen atoms in total. The van der Waals surface area contributed by atoms with Gasteiger partial charge in [-0.1, -0.05) is 6.42 Å². The highest BCUT2D eigenvalue weighted by Crippen LogP contribution is 2.26. The number of hydrogen-bond acceptors (Lipinski definition) is 1. The maximum absolute atomic E-state index is 11.3. The molecule has 1 aliphatic rings.